The predicted molar refractivity (Wildman–Crippen MR) is 68.8 cm³/mol. The number of nitrogens with one attached hydrogen (secondary N) is 1. The minimum Gasteiger partial charge on any atom is -0.383 e. The highest BCUT2D eigenvalue weighted by atomic mass is 32.2. The third kappa shape index (κ3) is 3.75. The zero-order valence-corrected chi connectivity index (χ0v) is 11.9. The fraction of sp³-hybridized carbons (Fsp3) is 0.600. The van der Waals surface area contributed by atoms with Crippen molar-refractivity contribution in [3.8, 4) is 0 Å². The van der Waals surface area contributed by atoms with E-state index in [9.17, 15) is 8.42 Å². The van der Waals surface area contributed by atoms with Crippen LogP contribution in [-0.2, 0) is 21.3 Å². The third-order valence-corrected chi connectivity index (χ3v) is 5.61. The Hall–Kier alpha value is -0.470. The lowest BCUT2D eigenvalue weighted by Gasteiger charge is -2.14. The smallest absolute Gasteiger partial charge is 0.252 e. The molecule has 7 heteroatoms. The summed E-state index contributed by atoms with van der Waals surface area (Å²) in [4.78, 5) is 0. The Morgan fingerprint density at radius 1 is 1.53 bits per heavy atom. The first kappa shape index (κ1) is 14.6. The second-order valence-corrected chi connectivity index (χ2v) is 6.81. The number of ether oxygens (including phenoxy) is 1. The van der Waals surface area contributed by atoms with E-state index in [2.05, 4.69) is 5.32 Å². The van der Waals surface area contributed by atoms with E-state index in [0.717, 1.165) is 5.56 Å². The molecular formula is C10H18N2O3S2. The molecule has 0 amide bonds. The van der Waals surface area contributed by atoms with Crippen LogP contribution in [-0.4, -0.2) is 47.1 Å². The lowest BCUT2D eigenvalue weighted by atomic mass is 10.3. The summed E-state index contributed by atoms with van der Waals surface area (Å²) in [6.45, 7) is 1.43. The maximum atomic E-state index is 12.1. The molecule has 0 unspecified atom stereocenters. The lowest BCUT2D eigenvalue weighted by Crippen LogP contribution is -2.29. The highest BCUT2D eigenvalue weighted by molar-refractivity contribution is 7.91. The van der Waals surface area contributed by atoms with Crippen molar-refractivity contribution >= 4 is 21.4 Å². The molecule has 5 nitrogen and oxygen atoms in total. The van der Waals surface area contributed by atoms with E-state index < -0.39 is 10.0 Å². The van der Waals surface area contributed by atoms with Crippen molar-refractivity contribution in [2.45, 2.75) is 10.8 Å². The molecule has 0 radical (unpaired) electrons. The van der Waals surface area contributed by atoms with Crippen LogP contribution in [0, 0.1) is 0 Å². The topological polar surface area (TPSA) is 58.6 Å². The highest BCUT2D eigenvalue weighted by Crippen LogP contribution is 2.23. The number of hydrogen-bond acceptors (Lipinski definition) is 5. The molecule has 0 saturated carbocycles. The Morgan fingerprint density at radius 2 is 2.24 bits per heavy atom. The van der Waals surface area contributed by atoms with Crippen LogP contribution in [0.3, 0.4) is 0 Å². The molecule has 0 aromatic carbocycles. The molecular weight excluding hydrogens is 260 g/mol. The van der Waals surface area contributed by atoms with Crippen LogP contribution in [0.4, 0.5) is 0 Å². The first-order valence-electron chi connectivity index (χ1n) is 5.19. The SMILES string of the molecule is CNCc1csc(S(=O)(=O)N(C)CCOC)c1. The Balaban J connectivity index is 2.81. The van der Waals surface area contributed by atoms with Gasteiger partial charge < -0.3 is 10.1 Å². The molecule has 1 aromatic heterocycles. The van der Waals surface area contributed by atoms with E-state index in [1.807, 2.05) is 12.4 Å². The number of hydrogen-bond donors (Lipinski definition) is 1. The molecule has 0 aliphatic rings. The Labute approximate surface area is 106 Å². The fourth-order valence-corrected chi connectivity index (χ4v) is 3.85. The summed E-state index contributed by atoms with van der Waals surface area (Å²) in [5, 5.41) is 4.85. The van der Waals surface area contributed by atoms with Crippen molar-refractivity contribution in [2.24, 2.45) is 0 Å². The Morgan fingerprint density at radius 3 is 2.82 bits per heavy atom. The second-order valence-electron chi connectivity index (χ2n) is 3.62. The van der Waals surface area contributed by atoms with E-state index in [0.29, 0.717) is 23.9 Å². The second kappa shape index (κ2) is 6.46. The molecule has 1 heterocycles. The summed E-state index contributed by atoms with van der Waals surface area (Å²) in [5.41, 5.74) is 0.983. The zero-order valence-electron chi connectivity index (χ0n) is 10.3. The molecule has 98 valence electrons. The van der Waals surface area contributed by atoms with Gasteiger partial charge in [-0.25, -0.2) is 8.42 Å². The van der Waals surface area contributed by atoms with Gasteiger partial charge in [-0.2, -0.15) is 4.31 Å². The maximum Gasteiger partial charge on any atom is 0.252 e. The molecule has 0 bridgehead atoms. The van der Waals surface area contributed by atoms with Gasteiger partial charge in [0.05, 0.1) is 6.61 Å². The molecule has 0 saturated heterocycles. The summed E-state index contributed by atoms with van der Waals surface area (Å²) >= 11 is 1.25. The summed E-state index contributed by atoms with van der Waals surface area (Å²) in [5.74, 6) is 0. The number of likely N-dealkylation sites (N-methyl/N-ethyl adjacent to an activating group) is 1. The zero-order chi connectivity index (χ0) is 12.9. The normalized spacial score (nSPS) is 12.2. The summed E-state index contributed by atoms with van der Waals surface area (Å²) in [7, 11) is 1.58. The third-order valence-electron chi connectivity index (χ3n) is 2.29. The number of thiophene rings is 1. The molecule has 1 N–H and O–H groups in total. The van der Waals surface area contributed by atoms with Gasteiger partial charge in [-0.3, -0.25) is 0 Å². The van der Waals surface area contributed by atoms with Gasteiger partial charge in [0.1, 0.15) is 4.21 Å². The van der Waals surface area contributed by atoms with Crippen molar-refractivity contribution in [1.29, 1.82) is 0 Å². The number of rotatable bonds is 7. The Kier molecular flexibility index (Phi) is 5.54. The molecule has 0 spiro atoms. The van der Waals surface area contributed by atoms with Crippen molar-refractivity contribution in [1.82, 2.24) is 9.62 Å². The van der Waals surface area contributed by atoms with Gasteiger partial charge in [0.25, 0.3) is 10.0 Å². The van der Waals surface area contributed by atoms with Crippen LogP contribution < -0.4 is 5.32 Å². The minimum atomic E-state index is -3.36. The standard InChI is InChI=1S/C10H18N2O3S2/c1-11-7-9-6-10(16-8-9)17(13,14)12(2)4-5-15-3/h6,8,11H,4-5,7H2,1-3H3. The predicted octanol–water partition coefficient (Wildman–Crippen LogP) is 0.734. The molecule has 0 atom stereocenters. The van der Waals surface area contributed by atoms with Crippen LogP contribution in [0.5, 0.6) is 0 Å². The summed E-state index contributed by atoms with van der Waals surface area (Å²) < 4.78 is 30.8. The van der Waals surface area contributed by atoms with E-state index in [1.54, 1.807) is 20.2 Å². The van der Waals surface area contributed by atoms with Crippen molar-refractivity contribution in [3.05, 3.63) is 17.0 Å². The average Bonchev–Trinajstić information content (AvgIpc) is 2.75. The lowest BCUT2D eigenvalue weighted by molar-refractivity contribution is 0.185. The minimum absolute atomic E-state index is 0.359. The van der Waals surface area contributed by atoms with Crippen LogP contribution in [0.1, 0.15) is 5.56 Å². The highest BCUT2D eigenvalue weighted by Gasteiger charge is 2.22. The number of sulfonamides is 1. The number of methoxy groups -OCH3 is 1. The van der Waals surface area contributed by atoms with Gasteiger partial charge >= 0.3 is 0 Å². The first-order valence-corrected chi connectivity index (χ1v) is 7.51. The summed E-state index contributed by atoms with van der Waals surface area (Å²) in [6, 6.07) is 1.71. The molecule has 17 heavy (non-hydrogen) atoms. The van der Waals surface area contributed by atoms with Crippen LogP contribution >= 0.6 is 11.3 Å². The van der Waals surface area contributed by atoms with Gasteiger partial charge in [-0.15, -0.1) is 11.3 Å². The van der Waals surface area contributed by atoms with Crippen molar-refractivity contribution in [3.63, 3.8) is 0 Å². The van der Waals surface area contributed by atoms with Crippen LogP contribution in [0.25, 0.3) is 0 Å². The van der Waals surface area contributed by atoms with Crippen LogP contribution in [0.15, 0.2) is 15.7 Å². The quantitative estimate of drug-likeness (QED) is 0.799. The van der Waals surface area contributed by atoms with E-state index in [-0.39, 0.29) is 0 Å². The monoisotopic (exact) mass is 278 g/mol. The van der Waals surface area contributed by atoms with E-state index >= 15 is 0 Å². The first-order chi connectivity index (χ1) is 8.02. The van der Waals surface area contributed by atoms with Crippen molar-refractivity contribution < 1.29 is 13.2 Å². The van der Waals surface area contributed by atoms with Gasteiger partial charge in [0.2, 0.25) is 0 Å². The Bertz CT molecular complexity index is 442. The maximum absolute atomic E-state index is 12.1. The van der Waals surface area contributed by atoms with Crippen molar-refractivity contribution in [2.75, 3.05) is 34.4 Å². The largest absolute Gasteiger partial charge is 0.383 e. The van der Waals surface area contributed by atoms with Crippen LogP contribution in [0.2, 0.25) is 0 Å². The van der Waals surface area contributed by atoms with E-state index in [4.69, 9.17) is 4.74 Å². The molecule has 1 rings (SSSR count). The average molecular weight is 278 g/mol. The summed E-state index contributed by atoms with van der Waals surface area (Å²) in [6.07, 6.45) is 0. The molecule has 1 aromatic rings. The van der Waals surface area contributed by atoms with E-state index in [1.165, 1.54) is 15.6 Å². The van der Waals surface area contributed by atoms with Gasteiger partial charge in [0.15, 0.2) is 0 Å². The number of nitrogens with zero attached hydrogens (tertiary/aromatic N) is 1. The van der Waals surface area contributed by atoms with Gasteiger partial charge in [0, 0.05) is 27.2 Å². The molecule has 0 aliphatic carbocycles. The molecule has 0 fully saturated rings. The fourth-order valence-electron chi connectivity index (χ4n) is 1.28. The molecule has 0 aliphatic heterocycles. The van der Waals surface area contributed by atoms with Gasteiger partial charge in [-0.1, -0.05) is 0 Å². The van der Waals surface area contributed by atoms with Gasteiger partial charge in [-0.05, 0) is 24.1 Å².